The Kier molecular flexibility index (Phi) is 4.48. The fourth-order valence-electron chi connectivity index (χ4n) is 3.04. The number of nitrogens with two attached hydrogens (primary N) is 1. The Morgan fingerprint density at radius 3 is 2.83 bits per heavy atom. The van der Waals surface area contributed by atoms with Crippen LogP contribution in [0.1, 0.15) is 40.3 Å². The number of hydrogen-bond donors (Lipinski definition) is 2. The van der Waals surface area contributed by atoms with Crippen LogP contribution in [0.25, 0.3) is 0 Å². The van der Waals surface area contributed by atoms with Crippen LogP contribution in [0.15, 0.2) is 30.5 Å². The number of aryl methyl sites for hydroxylation is 1. The van der Waals surface area contributed by atoms with E-state index < -0.39 is 0 Å². The molecule has 1 amide bonds. The third kappa shape index (κ3) is 3.45. The normalized spacial score (nSPS) is 15.4. The van der Waals surface area contributed by atoms with Crippen molar-refractivity contribution in [3.63, 3.8) is 0 Å². The summed E-state index contributed by atoms with van der Waals surface area (Å²) in [7, 11) is 0. The third-order valence-electron chi connectivity index (χ3n) is 4.63. The van der Waals surface area contributed by atoms with Gasteiger partial charge in [0, 0.05) is 30.2 Å². The van der Waals surface area contributed by atoms with Gasteiger partial charge in [0.05, 0.1) is 17.8 Å². The smallest absolute Gasteiger partial charge is 0.253 e. The standard InChI is InChI=1S/C18H24N4O/c1-12-9-16(18(23)21-17(10-19)14-6-7-14)13(2)22(12)11-15-5-3-4-8-20-15/h3-5,8-9,14,17H,6-7,10-11,19H2,1-2H3,(H,21,23). The lowest BCUT2D eigenvalue weighted by molar-refractivity contribution is 0.0932. The van der Waals surface area contributed by atoms with Crippen LogP contribution < -0.4 is 11.1 Å². The van der Waals surface area contributed by atoms with Gasteiger partial charge >= 0.3 is 0 Å². The van der Waals surface area contributed by atoms with Gasteiger partial charge in [-0.25, -0.2) is 0 Å². The van der Waals surface area contributed by atoms with Crippen molar-refractivity contribution < 1.29 is 4.79 Å². The number of nitrogens with zero attached hydrogens (tertiary/aromatic N) is 2. The molecule has 1 saturated carbocycles. The zero-order chi connectivity index (χ0) is 16.4. The Labute approximate surface area is 136 Å². The van der Waals surface area contributed by atoms with Gasteiger partial charge in [-0.1, -0.05) is 6.07 Å². The molecule has 3 rings (SSSR count). The molecule has 1 aliphatic carbocycles. The molecule has 23 heavy (non-hydrogen) atoms. The summed E-state index contributed by atoms with van der Waals surface area (Å²) in [5, 5.41) is 3.10. The lowest BCUT2D eigenvalue weighted by atomic mass is 10.1. The Balaban J connectivity index is 1.78. The van der Waals surface area contributed by atoms with Crippen molar-refractivity contribution in [2.24, 2.45) is 11.7 Å². The number of carbonyl (C=O) groups is 1. The van der Waals surface area contributed by atoms with Crippen molar-refractivity contribution in [1.29, 1.82) is 0 Å². The van der Waals surface area contributed by atoms with E-state index in [0.29, 0.717) is 19.0 Å². The molecule has 1 fully saturated rings. The van der Waals surface area contributed by atoms with E-state index in [-0.39, 0.29) is 11.9 Å². The average Bonchev–Trinajstić information content (AvgIpc) is 3.36. The van der Waals surface area contributed by atoms with Gasteiger partial charge < -0.3 is 15.6 Å². The van der Waals surface area contributed by atoms with Crippen LogP contribution in [-0.4, -0.2) is 28.0 Å². The summed E-state index contributed by atoms with van der Waals surface area (Å²) < 4.78 is 2.13. The van der Waals surface area contributed by atoms with Crippen molar-refractivity contribution in [1.82, 2.24) is 14.9 Å². The Bertz CT molecular complexity index is 689. The number of rotatable bonds is 6. The van der Waals surface area contributed by atoms with E-state index in [1.165, 1.54) is 12.8 Å². The highest BCUT2D eigenvalue weighted by atomic mass is 16.1. The van der Waals surface area contributed by atoms with E-state index in [1.807, 2.05) is 38.1 Å². The summed E-state index contributed by atoms with van der Waals surface area (Å²) in [5.74, 6) is 0.536. The van der Waals surface area contributed by atoms with Crippen LogP contribution in [0.2, 0.25) is 0 Å². The van der Waals surface area contributed by atoms with E-state index in [9.17, 15) is 4.79 Å². The Morgan fingerprint density at radius 1 is 1.43 bits per heavy atom. The van der Waals surface area contributed by atoms with Gasteiger partial charge in [-0.05, 0) is 50.8 Å². The molecular weight excluding hydrogens is 288 g/mol. The van der Waals surface area contributed by atoms with Gasteiger partial charge in [-0.2, -0.15) is 0 Å². The van der Waals surface area contributed by atoms with E-state index in [2.05, 4.69) is 14.9 Å². The molecule has 2 aromatic heterocycles. The highest BCUT2D eigenvalue weighted by Gasteiger charge is 2.32. The summed E-state index contributed by atoms with van der Waals surface area (Å²) in [5.41, 5.74) is 9.54. The first-order valence-corrected chi connectivity index (χ1v) is 8.17. The van der Waals surface area contributed by atoms with E-state index in [1.54, 1.807) is 6.20 Å². The maximum absolute atomic E-state index is 12.6. The zero-order valence-electron chi connectivity index (χ0n) is 13.7. The summed E-state index contributed by atoms with van der Waals surface area (Å²) in [6, 6.07) is 7.93. The number of nitrogens with one attached hydrogen (secondary N) is 1. The number of carbonyl (C=O) groups excluding carboxylic acids is 1. The molecule has 1 aliphatic rings. The van der Waals surface area contributed by atoms with Crippen molar-refractivity contribution in [3.05, 3.63) is 53.1 Å². The van der Waals surface area contributed by atoms with Gasteiger partial charge in [-0.15, -0.1) is 0 Å². The second-order valence-corrected chi connectivity index (χ2v) is 6.35. The second kappa shape index (κ2) is 6.54. The lowest BCUT2D eigenvalue weighted by Gasteiger charge is -2.16. The van der Waals surface area contributed by atoms with Crippen LogP contribution in [0.5, 0.6) is 0 Å². The predicted octanol–water partition coefficient (Wildman–Crippen LogP) is 2.02. The molecule has 2 heterocycles. The fraction of sp³-hybridized carbons (Fsp3) is 0.444. The summed E-state index contributed by atoms with van der Waals surface area (Å²) in [6.45, 7) is 5.19. The van der Waals surface area contributed by atoms with Gasteiger partial charge in [0.2, 0.25) is 0 Å². The van der Waals surface area contributed by atoms with E-state index in [4.69, 9.17) is 5.73 Å². The molecule has 0 saturated heterocycles. The van der Waals surface area contributed by atoms with Gasteiger partial charge in [-0.3, -0.25) is 9.78 Å². The maximum atomic E-state index is 12.6. The molecule has 0 bridgehead atoms. The first-order valence-electron chi connectivity index (χ1n) is 8.17. The molecular formula is C18H24N4O. The predicted molar refractivity (Wildman–Crippen MR) is 90.3 cm³/mol. The van der Waals surface area contributed by atoms with Gasteiger partial charge in [0.1, 0.15) is 0 Å². The molecule has 0 aromatic carbocycles. The summed E-state index contributed by atoms with van der Waals surface area (Å²) in [4.78, 5) is 17.0. The molecule has 5 nitrogen and oxygen atoms in total. The van der Waals surface area contributed by atoms with Gasteiger partial charge in [0.25, 0.3) is 5.91 Å². The SMILES string of the molecule is Cc1cc(C(=O)NC(CN)C2CC2)c(C)n1Cc1ccccn1. The van der Waals surface area contributed by atoms with Crippen molar-refractivity contribution in [2.45, 2.75) is 39.3 Å². The Hall–Kier alpha value is -2.14. The number of hydrogen-bond acceptors (Lipinski definition) is 3. The minimum atomic E-state index is -0.0206. The molecule has 2 aromatic rings. The van der Waals surface area contributed by atoms with E-state index >= 15 is 0 Å². The highest BCUT2D eigenvalue weighted by Crippen LogP contribution is 2.32. The van der Waals surface area contributed by atoms with Crippen molar-refractivity contribution in [2.75, 3.05) is 6.54 Å². The number of amides is 1. The lowest BCUT2D eigenvalue weighted by Crippen LogP contribution is -2.41. The molecule has 1 unspecified atom stereocenters. The van der Waals surface area contributed by atoms with Crippen molar-refractivity contribution in [3.8, 4) is 0 Å². The summed E-state index contributed by atoms with van der Waals surface area (Å²) >= 11 is 0. The molecule has 0 aliphatic heterocycles. The molecule has 0 spiro atoms. The van der Waals surface area contributed by atoms with Crippen molar-refractivity contribution >= 4 is 5.91 Å². The summed E-state index contributed by atoms with van der Waals surface area (Å²) in [6.07, 6.45) is 4.13. The largest absolute Gasteiger partial charge is 0.348 e. The molecule has 3 N–H and O–H groups in total. The van der Waals surface area contributed by atoms with Crippen LogP contribution >= 0.6 is 0 Å². The number of aromatic nitrogens is 2. The quantitative estimate of drug-likeness (QED) is 0.857. The van der Waals surface area contributed by atoms with Crippen LogP contribution in [0, 0.1) is 19.8 Å². The van der Waals surface area contributed by atoms with Crippen LogP contribution in [0.3, 0.4) is 0 Å². The molecule has 1 atom stereocenters. The minimum absolute atomic E-state index is 0.0206. The fourth-order valence-corrected chi connectivity index (χ4v) is 3.04. The topological polar surface area (TPSA) is 72.9 Å². The monoisotopic (exact) mass is 312 g/mol. The minimum Gasteiger partial charge on any atom is -0.348 e. The van der Waals surface area contributed by atoms with Crippen LogP contribution in [0.4, 0.5) is 0 Å². The first-order chi connectivity index (χ1) is 11.1. The van der Waals surface area contributed by atoms with Crippen LogP contribution in [-0.2, 0) is 6.54 Å². The third-order valence-corrected chi connectivity index (χ3v) is 4.63. The van der Waals surface area contributed by atoms with Gasteiger partial charge in [0.15, 0.2) is 0 Å². The van der Waals surface area contributed by atoms with E-state index in [0.717, 1.165) is 22.6 Å². The maximum Gasteiger partial charge on any atom is 0.253 e. The number of pyridine rings is 1. The molecule has 122 valence electrons. The second-order valence-electron chi connectivity index (χ2n) is 6.35. The first kappa shape index (κ1) is 15.7. The Morgan fingerprint density at radius 2 is 2.22 bits per heavy atom. The zero-order valence-corrected chi connectivity index (χ0v) is 13.7. The highest BCUT2D eigenvalue weighted by molar-refractivity contribution is 5.96. The molecule has 0 radical (unpaired) electrons. The molecule has 5 heteroatoms. The average molecular weight is 312 g/mol.